The zero-order chi connectivity index (χ0) is 92.3. The summed E-state index contributed by atoms with van der Waals surface area (Å²) in [4.78, 5) is 25.7. The maximum Gasteiger partial charge on any atom is 0.105 e. The van der Waals surface area contributed by atoms with Gasteiger partial charge >= 0.3 is 0 Å². The van der Waals surface area contributed by atoms with Crippen molar-refractivity contribution in [1.82, 2.24) is 57.3 Å². The quantitative estimate of drug-likeness (QED) is 0.0471. The predicted octanol–water partition coefficient (Wildman–Crippen LogP) is 24.8. The molecule has 21 heteroatoms. The van der Waals surface area contributed by atoms with Gasteiger partial charge in [0.2, 0.25) is 0 Å². The van der Waals surface area contributed by atoms with Gasteiger partial charge < -0.3 is 58.0 Å². The van der Waals surface area contributed by atoms with E-state index in [1.807, 2.05) is 126 Å². The van der Waals surface area contributed by atoms with Gasteiger partial charge in [-0.2, -0.15) is 0 Å². The molecule has 6 saturated carbocycles. The number of hydrogen-bond donors (Lipinski definition) is 6. The van der Waals surface area contributed by atoms with Crippen LogP contribution < -0.4 is 0 Å². The van der Waals surface area contributed by atoms with Gasteiger partial charge in [0.1, 0.15) is 30.7 Å². The highest BCUT2D eigenvalue weighted by atomic mass is 19.1. The minimum Gasteiger partial charge on any atom is -0.393 e. The Hall–Kier alpha value is -9.87. The lowest BCUT2D eigenvalue weighted by Crippen LogP contribution is -2.31. The van der Waals surface area contributed by atoms with E-state index >= 15 is 0 Å². The third kappa shape index (κ3) is 21.4. The maximum absolute atomic E-state index is 14.9. The normalized spacial score (nSPS) is 24.7. The van der Waals surface area contributed by atoms with Crippen LogP contribution in [0.1, 0.15) is 306 Å². The van der Waals surface area contributed by atoms with Gasteiger partial charge in [-0.05, 0) is 210 Å². The topological polar surface area (TPSA) is 228 Å². The summed E-state index contributed by atoms with van der Waals surface area (Å²) in [5.41, 5.74) is 20.9. The second-order valence-electron chi connectivity index (χ2n) is 41.6. The molecule has 6 aliphatic heterocycles. The van der Waals surface area contributed by atoms with Gasteiger partial charge in [0.15, 0.2) is 0 Å². The molecular formula is C114H141F3N12O6. The maximum atomic E-state index is 14.9. The highest BCUT2D eigenvalue weighted by molar-refractivity contribution is 5.71. The van der Waals surface area contributed by atoms with Crippen molar-refractivity contribution in [2.75, 3.05) is 0 Å². The van der Waals surface area contributed by atoms with Gasteiger partial charge in [0, 0.05) is 70.4 Å². The molecule has 24 rings (SSSR count). The number of halogens is 3. The van der Waals surface area contributed by atoms with E-state index in [2.05, 4.69) is 139 Å². The number of hydrogen-bond acceptors (Lipinski definition) is 12. The summed E-state index contributed by atoms with van der Waals surface area (Å²) < 4.78 is 57.4. The van der Waals surface area contributed by atoms with E-state index in [0.717, 1.165) is 154 Å². The Morgan fingerprint density at radius 2 is 0.556 bits per heavy atom. The standard InChI is InChI=1S/C19H23FN2O.2C19H23FN2.2C19H24N2O2.C19H24N2O/c20-18(13-5-7-16(23)8-6-13)10-15-9-14-3-1-2-4-17(14)19-11-21-12-22(15)19;20-18(14-6-2-1-3-7-14)10-15-12-22-13-21-11-19(22)17-9-5-4-8-16(15)17;20-18(14-6-2-1-3-7-14)11-16-10-15-8-4-5-9-17(15)19-12-21-13-22(16)19;2*22-18(13-6-2-1-3-7-13)10-16-19(23)15-9-5-4-8-14(15)17-11-20-12-21(16)17;22-19(14-6-2-1-3-7-14)10-15-12-21-13-20-11-18(21)17-9-5-4-8-16(15)17/h1-4,11-13,15-16,18,23H,5-10H2;4-5,8-9,11,13-15,18H,1-3,6-7,10,12H2;4-5,8-9,12-14,16,18H,1-3,6-7,10-11H2;2*4-5,8-9,11-13,16,18-19,22-23H,1-3,6-7,10H2;4-5,8-9,11,13-15,19,22H,1-3,6-7,10,12H2/t;;;;;15?,19-/m.....1/s1. The van der Waals surface area contributed by atoms with Crippen molar-refractivity contribution in [2.24, 2.45) is 35.5 Å². The molecule has 714 valence electrons. The Labute approximate surface area is 795 Å². The first-order valence-corrected chi connectivity index (χ1v) is 51.8. The lowest BCUT2D eigenvalue weighted by Gasteiger charge is -2.36. The van der Waals surface area contributed by atoms with Crippen LogP contribution in [0.5, 0.6) is 0 Å². The minimum absolute atomic E-state index is 0.0996. The van der Waals surface area contributed by atoms with Crippen molar-refractivity contribution in [3.63, 3.8) is 0 Å². The van der Waals surface area contributed by atoms with Crippen molar-refractivity contribution in [2.45, 2.75) is 342 Å². The van der Waals surface area contributed by atoms with Crippen LogP contribution in [0.15, 0.2) is 221 Å². The summed E-state index contributed by atoms with van der Waals surface area (Å²) in [7, 11) is 0. The van der Waals surface area contributed by atoms with Crippen molar-refractivity contribution < 1.29 is 43.8 Å². The summed E-state index contributed by atoms with van der Waals surface area (Å²) >= 11 is 0. The molecule has 14 atom stereocenters. The van der Waals surface area contributed by atoms with E-state index in [4.69, 9.17) is 0 Å². The van der Waals surface area contributed by atoms with Crippen molar-refractivity contribution in [3.8, 4) is 67.5 Å². The molecule has 12 aromatic rings. The van der Waals surface area contributed by atoms with Crippen molar-refractivity contribution >= 4 is 0 Å². The summed E-state index contributed by atoms with van der Waals surface area (Å²) in [6, 6.07) is 49.9. The van der Waals surface area contributed by atoms with E-state index < -0.39 is 30.7 Å². The van der Waals surface area contributed by atoms with Crippen LogP contribution in [0, 0.1) is 35.5 Å². The zero-order valence-corrected chi connectivity index (χ0v) is 78.7. The highest BCUT2D eigenvalue weighted by Crippen LogP contribution is 2.50. The number of rotatable bonds is 18. The van der Waals surface area contributed by atoms with Crippen molar-refractivity contribution in [1.29, 1.82) is 0 Å². The van der Waals surface area contributed by atoms with Crippen LogP contribution in [0.25, 0.3) is 67.5 Å². The molecule has 0 amide bonds. The number of fused-ring (bicyclic) bond motifs is 18. The Balaban J connectivity index is 0.000000104. The number of imidazole rings is 6. The highest BCUT2D eigenvalue weighted by Gasteiger charge is 2.41. The molecule has 0 saturated heterocycles. The first-order chi connectivity index (χ1) is 66.2. The minimum atomic E-state index is -0.798. The molecule has 0 spiro atoms. The predicted molar refractivity (Wildman–Crippen MR) is 526 cm³/mol. The van der Waals surface area contributed by atoms with Crippen LogP contribution in [0.3, 0.4) is 0 Å². The van der Waals surface area contributed by atoms with E-state index in [1.54, 1.807) is 12.7 Å². The molecule has 6 N–H and O–H groups in total. The fraction of sp³-hybridized carbons (Fsp3) is 0.526. The zero-order valence-electron chi connectivity index (χ0n) is 78.7. The fourth-order valence-electron chi connectivity index (χ4n) is 25.7. The van der Waals surface area contributed by atoms with Crippen LogP contribution in [0.2, 0.25) is 0 Å². The molecule has 0 bridgehead atoms. The Morgan fingerprint density at radius 1 is 0.274 bits per heavy atom. The van der Waals surface area contributed by atoms with Crippen molar-refractivity contribution in [3.05, 3.63) is 254 Å². The fourth-order valence-corrected chi connectivity index (χ4v) is 25.7. The monoisotopic (exact) mass is 1830 g/mol. The van der Waals surface area contributed by atoms with Crippen LogP contribution in [-0.4, -0.2) is 131 Å². The molecule has 12 aliphatic rings. The second kappa shape index (κ2) is 44.3. The molecule has 12 heterocycles. The van der Waals surface area contributed by atoms with Gasteiger partial charge in [-0.1, -0.05) is 242 Å². The Bertz CT molecular complexity index is 5520. The van der Waals surface area contributed by atoms with Gasteiger partial charge in [-0.25, -0.2) is 43.1 Å². The van der Waals surface area contributed by atoms with Gasteiger partial charge in [-0.3, -0.25) is 0 Å². The molecular weight excluding hydrogens is 1690 g/mol. The molecule has 13 unspecified atom stereocenters. The number of nitrogens with zero attached hydrogens (tertiary/aromatic N) is 12. The van der Waals surface area contributed by atoms with E-state index in [1.165, 1.54) is 165 Å². The molecule has 6 fully saturated rings. The third-order valence-electron chi connectivity index (χ3n) is 33.3. The Morgan fingerprint density at radius 3 is 0.941 bits per heavy atom. The van der Waals surface area contributed by atoms with E-state index in [9.17, 15) is 43.8 Å². The molecule has 6 aliphatic carbocycles. The molecule has 18 nitrogen and oxygen atoms in total. The average Bonchev–Trinajstić information content (AvgIpc) is 1.70. The molecule has 6 aromatic carbocycles. The number of aromatic nitrogens is 12. The number of aliphatic hydroxyl groups is 6. The molecule has 6 aromatic heterocycles. The van der Waals surface area contributed by atoms with Crippen LogP contribution in [-0.2, 0) is 25.9 Å². The summed E-state index contributed by atoms with van der Waals surface area (Å²) in [5, 5.41) is 63.5. The van der Waals surface area contributed by atoms with Gasteiger partial charge in [0.05, 0.1) is 146 Å². The SMILES string of the molecule is FC(CC1Cc2ccccc2-c2cncn21)C1CCCCC1.FC(CC1Cn2cncc2-c2ccccc21)C1CCCCC1.OC(CC1C(O)c2ccccc2-c2cncn21)C1CCCCC1.OC(CC1C(O)c2ccccc2-c2cncn21)C1CCCCC1.OC1CCC(C(F)CC2Cc3ccccc3-c3cncn32)CC1.O[C@H](CC1Cn2cncc2-c2ccccc21)C1CCCCC1. The third-order valence-corrected chi connectivity index (χ3v) is 33.3. The van der Waals surface area contributed by atoms with E-state index in [0.29, 0.717) is 55.8 Å². The lowest BCUT2D eigenvalue weighted by atomic mass is 9.79. The van der Waals surface area contributed by atoms with Gasteiger partial charge in [-0.15, -0.1) is 0 Å². The van der Waals surface area contributed by atoms with E-state index in [-0.39, 0.29) is 72.3 Å². The number of alkyl halides is 3. The van der Waals surface area contributed by atoms with Crippen LogP contribution in [0.4, 0.5) is 13.2 Å². The van der Waals surface area contributed by atoms with Crippen LogP contribution >= 0.6 is 0 Å². The molecule has 135 heavy (non-hydrogen) atoms. The smallest absolute Gasteiger partial charge is 0.105 e. The largest absolute Gasteiger partial charge is 0.393 e. The molecule has 0 radical (unpaired) electrons. The number of benzene rings is 6. The first-order valence-electron chi connectivity index (χ1n) is 51.8. The summed E-state index contributed by atoms with van der Waals surface area (Å²) in [6.45, 7) is 1.80. The summed E-state index contributed by atoms with van der Waals surface area (Å²) in [5.74, 6) is 2.58. The van der Waals surface area contributed by atoms with Gasteiger partial charge in [0.25, 0.3) is 0 Å². The Kier molecular flexibility index (Phi) is 30.9. The first kappa shape index (κ1) is 94.1. The average molecular weight is 1830 g/mol. The summed E-state index contributed by atoms with van der Waals surface area (Å²) in [6.07, 6.45) is 56.7. The number of aliphatic hydroxyl groups excluding tert-OH is 6. The lowest BCUT2D eigenvalue weighted by molar-refractivity contribution is 0.0272. The second-order valence-corrected chi connectivity index (χ2v) is 41.6.